The van der Waals surface area contributed by atoms with Crippen LogP contribution in [0.3, 0.4) is 0 Å². The summed E-state index contributed by atoms with van der Waals surface area (Å²) in [6.07, 6.45) is 3.84. The predicted molar refractivity (Wildman–Crippen MR) is 108 cm³/mol. The van der Waals surface area contributed by atoms with Crippen LogP contribution in [0.1, 0.15) is 32.6 Å². The molecule has 8 heteroatoms. The van der Waals surface area contributed by atoms with Gasteiger partial charge >= 0.3 is 23.9 Å². The molecule has 0 aromatic rings. The van der Waals surface area contributed by atoms with Crippen molar-refractivity contribution in [3.8, 4) is 11.8 Å². The van der Waals surface area contributed by atoms with E-state index in [2.05, 4.69) is 24.2 Å². The highest BCUT2D eigenvalue weighted by Crippen LogP contribution is 2.32. The minimum atomic E-state index is -1.72. The molecule has 0 atom stereocenters. The van der Waals surface area contributed by atoms with Crippen LogP contribution in [0.5, 0.6) is 0 Å². The summed E-state index contributed by atoms with van der Waals surface area (Å²) >= 11 is 0. The van der Waals surface area contributed by atoms with Gasteiger partial charge in [0, 0.05) is 19.3 Å². The van der Waals surface area contributed by atoms with Crippen LogP contribution in [0.4, 0.5) is 0 Å². The summed E-state index contributed by atoms with van der Waals surface area (Å²) in [6.45, 7) is 5.29. The number of allylic oxidation sites excluding steroid dienone is 2. The SMILES string of the molecule is C=CCC(CC#CCC(CC=C=CC)(C(=O)OC)C(=O)OC)(C(=O)OC)C(=O)OC. The van der Waals surface area contributed by atoms with E-state index in [1.54, 1.807) is 13.0 Å². The van der Waals surface area contributed by atoms with E-state index in [1.165, 1.54) is 12.2 Å². The van der Waals surface area contributed by atoms with Crippen molar-refractivity contribution in [2.24, 2.45) is 10.8 Å². The zero-order valence-electron chi connectivity index (χ0n) is 18.0. The maximum absolute atomic E-state index is 12.4. The molecule has 0 N–H and O–H groups in total. The smallest absolute Gasteiger partial charge is 0.324 e. The van der Waals surface area contributed by atoms with Gasteiger partial charge in [0.2, 0.25) is 0 Å². The van der Waals surface area contributed by atoms with Crippen LogP contribution >= 0.6 is 0 Å². The van der Waals surface area contributed by atoms with Crippen molar-refractivity contribution in [3.05, 3.63) is 30.5 Å². The van der Waals surface area contributed by atoms with E-state index in [-0.39, 0.29) is 25.7 Å². The summed E-state index contributed by atoms with van der Waals surface area (Å²) in [4.78, 5) is 49.4. The highest BCUT2D eigenvalue weighted by Gasteiger charge is 2.48. The molecule has 0 rings (SSSR count). The van der Waals surface area contributed by atoms with Crippen LogP contribution in [-0.2, 0) is 38.1 Å². The fourth-order valence-corrected chi connectivity index (χ4v) is 2.74. The number of hydrogen-bond acceptors (Lipinski definition) is 8. The van der Waals surface area contributed by atoms with Crippen LogP contribution in [0, 0.1) is 22.7 Å². The number of rotatable bonds is 10. The second kappa shape index (κ2) is 13.0. The molecule has 0 unspecified atom stereocenters. The summed E-state index contributed by atoms with van der Waals surface area (Å²) in [5.41, 5.74) is -0.633. The lowest BCUT2D eigenvalue weighted by molar-refractivity contribution is -0.170. The third kappa shape index (κ3) is 6.10. The third-order valence-corrected chi connectivity index (χ3v) is 4.44. The molecular formula is C22H28O8. The quantitative estimate of drug-likeness (QED) is 0.132. The van der Waals surface area contributed by atoms with E-state index in [9.17, 15) is 19.2 Å². The maximum atomic E-state index is 12.4. The highest BCUT2D eigenvalue weighted by atomic mass is 16.6. The Bertz CT molecular complexity index is 743. The normalized spacial score (nSPS) is 10.3. The first-order chi connectivity index (χ1) is 14.3. The van der Waals surface area contributed by atoms with E-state index in [4.69, 9.17) is 18.9 Å². The van der Waals surface area contributed by atoms with Gasteiger partial charge in [-0.15, -0.1) is 24.2 Å². The molecule has 30 heavy (non-hydrogen) atoms. The Morgan fingerprint density at radius 2 is 1.13 bits per heavy atom. The van der Waals surface area contributed by atoms with Gasteiger partial charge in [-0.1, -0.05) is 6.08 Å². The molecule has 0 fully saturated rings. The average Bonchev–Trinajstić information content (AvgIpc) is 2.77. The number of carbonyl (C=O) groups excluding carboxylic acids is 4. The summed E-state index contributed by atoms with van der Waals surface area (Å²) < 4.78 is 19.1. The van der Waals surface area contributed by atoms with Crippen molar-refractivity contribution in [2.45, 2.75) is 32.6 Å². The van der Waals surface area contributed by atoms with Crippen molar-refractivity contribution in [2.75, 3.05) is 28.4 Å². The van der Waals surface area contributed by atoms with Crippen LogP contribution in [-0.4, -0.2) is 52.3 Å². The molecule has 0 saturated carbocycles. The van der Waals surface area contributed by atoms with Gasteiger partial charge < -0.3 is 18.9 Å². The highest BCUT2D eigenvalue weighted by molar-refractivity contribution is 6.01. The monoisotopic (exact) mass is 420 g/mol. The fraction of sp³-hybridized carbons (Fsp3) is 0.500. The Hall–Kier alpha value is -3.30. The van der Waals surface area contributed by atoms with Crippen LogP contribution in [0.25, 0.3) is 0 Å². The Morgan fingerprint density at radius 3 is 1.43 bits per heavy atom. The average molecular weight is 420 g/mol. The molecule has 0 heterocycles. The molecular weight excluding hydrogens is 392 g/mol. The van der Waals surface area contributed by atoms with Crippen molar-refractivity contribution in [3.63, 3.8) is 0 Å². The van der Waals surface area contributed by atoms with Gasteiger partial charge in [0.1, 0.15) is 0 Å². The lowest BCUT2D eigenvalue weighted by Crippen LogP contribution is -2.41. The molecule has 0 radical (unpaired) electrons. The molecule has 0 saturated heterocycles. The minimum absolute atomic E-state index is 0.0584. The Morgan fingerprint density at radius 1 is 0.767 bits per heavy atom. The van der Waals surface area contributed by atoms with E-state index in [0.29, 0.717) is 0 Å². The second-order valence-electron chi connectivity index (χ2n) is 6.19. The molecule has 164 valence electrons. The largest absolute Gasteiger partial charge is 0.468 e. The molecule has 0 amide bonds. The summed E-state index contributed by atoms with van der Waals surface area (Å²) in [5.74, 6) is 2.08. The van der Waals surface area contributed by atoms with E-state index in [0.717, 1.165) is 28.4 Å². The van der Waals surface area contributed by atoms with E-state index >= 15 is 0 Å². The van der Waals surface area contributed by atoms with Gasteiger partial charge in [0.15, 0.2) is 10.8 Å². The van der Waals surface area contributed by atoms with Gasteiger partial charge in [-0.25, -0.2) is 0 Å². The lowest BCUT2D eigenvalue weighted by atomic mass is 9.79. The van der Waals surface area contributed by atoms with E-state index in [1.807, 2.05) is 0 Å². The predicted octanol–water partition coefficient (Wildman–Crippen LogP) is 2.13. The van der Waals surface area contributed by atoms with Gasteiger partial charge in [0.25, 0.3) is 0 Å². The molecule has 8 nitrogen and oxygen atoms in total. The number of methoxy groups -OCH3 is 4. The molecule has 0 aliphatic rings. The van der Waals surface area contributed by atoms with Crippen molar-refractivity contribution < 1.29 is 38.1 Å². The molecule has 0 bridgehead atoms. The zero-order chi connectivity index (χ0) is 23.2. The number of carbonyl (C=O) groups is 4. The first-order valence-corrected chi connectivity index (χ1v) is 9.02. The molecule has 0 aliphatic carbocycles. The Labute approximate surface area is 176 Å². The van der Waals surface area contributed by atoms with Crippen molar-refractivity contribution in [1.82, 2.24) is 0 Å². The summed E-state index contributed by atoms with van der Waals surface area (Å²) in [5, 5.41) is 0. The Kier molecular flexibility index (Phi) is 11.6. The second-order valence-corrected chi connectivity index (χ2v) is 6.19. The molecule has 0 spiro atoms. The van der Waals surface area contributed by atoms with Gasteiger partial charge in [0.05, 0.1) is 28.4 Å². The fourth-order valence-electron chi connectivity index (χ4n) is 2.74. The van der Waals surface area contributed by atoms with Crippen molar-refractivity contribution in [1.29, 1.82) is 0 Å². The first-order valence-electron chi connectivity index (χ1n) is 9.02. The standard InChI is InChI=1S/C22H28O8/c1-7-9-10-14-22(19(25)29-5,20(26)30-6)16-12-11-15-21(13-8-2,17(23)27-3)18(24)28-4/h7-8,10H,2,13-16H2,1,3-6H3. The number of ether oxygens (including phenoxy) is 4. The number of hydrogen-bond donors (Lipinski definition) is 0. The lowest BCUT2D eigenvalue weighted by Gasteiger charge is -2.25. The summed E-state index contributed by atoms with van der Waals surface area (Å²) in [7, 11) is 4.58. The van der Waals surface area contributed by atoms with Gasteiger partial charge in [-0.2, -0.15) is 0 Å². The van der Waals surface area contributed by atoms with Crippen molar-refractivity contribution >= 4 is 23.9 Å². The zero-order valence-corrected chi connectivity index (χ0v) is 18.0. The first kappa shape index (κ1) is 26.7. The van der Waals surface area contributed by atoms with Crippen LogP contribution in [0.2, 0.25) is 0 Å². The molecule has 0 aromatic heterocycles. The minimum Gasteiger partial charge on any atom is -0.468 e. The maximum Gasteiger partial charge on any atom is 0.324 e. The van der Waals surface area contributed by atoms with Crippen LogP contribution in [0.15, 0.2) is 30.5 Å². The van der Waals surface area contributed by atoms with Crippen LogP contribution < -0.4 is 0 Å². The Balaban J connectivity index is 6.09. The van der Waals surface area contributed by atoms with Gasteiger partial charge in [-0.05, 0) is 25.5 Å². The van der Waals surface area contributed by atoms with Gasteiger partial charge in [-0.3, -0.25) is 19.2 Å². The van der Waals surface area contributed by atoms with E-state index < -0.39 is 34.7 Å². The molecule has 0 aliphatic heterocycles. The third-order valence-electron chi connectivity index (χ3n) is 4.44. The molecule has 0 aromatic carbocycles. The number of esters is 4. The topological polar surface area (TPSA) is 105 Å². The summed E-state index contributed by atoms with van der Waals surface area (Å²) in [6, 6.07) is 0.